The van der Waals surface area contributed by atoms with Crippen molar-refractivity contribution in [1.82, 2.24) is 9.88 Å². The maximum Gasteiger partial charge on any atom is 0.226 e. The third-order valence-corrected chi connectivity index (χ3v) is 5.95. The van der Waals surface area contributed by atoms with Crippen molar-refractivity contribution in [1.29, 1.82) is 0 Å². The summed E-state index contributed by atoms with van der Waals surface area (Å²) in [5, 5.41) is 2.89. The zero-order valence-corrected chi connectivity index (χ0v) is 16.2. The van der Waals surface area contributed by atoms with Crippen LogP contribution in [-0.4, -0.2) is 34.8 Å². The molecule has 1 aromatic heterocycles. The molecule has 4 rings (SSSR count). The van der Waals surface area contributed by atoms with E-state index in [1.165, 1.54) is 12.0 Å². The Bertz CT molecular complexity index is 842. The topological polar surface area (TPSA) is 62.3 Å². The summed E-state index contributed by atoms with van der Waals surface area (Å²) in [7, 11) is 0. The first-order valence-corrected chi connectivity index (χ1v) is 10.3. The van der Waals surface area contributed by atoms with Gasteiger partial charge in [-0.2, -0.15) is 0 Å². The molecule has 0 aliphatic carbocycles. The molecule has 2 aliphatic heterocycles. The second-order valence-electron chi connectivity index (χ2n) is 7.94. The van der Waals surface area contributed by atoms with E-state index < -0.39 is 0 Å². The molecule has 0 unspecified atom stereocenters. The molecule has 1 aromatic carbocycles. The normalized spacial score (nSPS) is 17.1. The lowest BCUT2D eigenvalue weighted by molar-refractivity contribution is -0.131. The van der Waals surface area contributed by atoms with E-state index in [-0.39, 0.29) is 11.8 Å². The van der Waals surface area contributed by atoms with Crippen LogP contribution in [-0.2, 0) is 28.9 Å². The van der Waals surface area contributed by atoms with Crippen LogP contribution in [0.25, 0.3) is 0 Å². The minimum atomic E-state index is 0.0720. The van der Waals surface area contributed by atoms with Crippen LogP contribution in [0.15, 0.2) is 42.7 Å². The van der Waals surface area contributed by atoms with Crippen LogP contribution >= 0.6 is 0 Å². The van der Waals surface area contributed by atoms with Crippen molar-refractivity contribution in [2.45, 2.75) is 44.9 Å². The lowest BCUT2D eigenvalue weighted by Crippen LogP contribution is -2.39. The summed E-state index contributed by atoms with van der Waals surface area (Å²) in [5.41, 5.74) is 4.36. The number of pyridine rings is 1. The number of piperidine rings is 1. The Hall–Kier alpha value is -2.69. The van der Waals surface area contributed by atoms with E-state index in [1.807, 2.05) is 35.5 Å². The molecule has 1 fully saturated rings. The lowest BCUT2D eigenvalue weighted by Gasteiger charge is -2.32. The standard InChI is InChI=1S/C23H27N3O2/c27-22-8-6-20-14-19(5-7-21(20)25-22)15-23(28)26-12-9-17(10-13-26)3-4-18-2-1-11-24-16-18/h1-2,5,7,11,14,16-17H,3-4,6,8-10,12-13,15H2,(H,25,27). The molecule has 3 heterocycles. The highest BCUT2D eigenvalue weighted by molar-refractivity contribution is 5.94. The number of likely N-dealkylation sites (tertiary alicyclic amines) is 1. The number of carbonyl (C=O) groups is 2. The first-order valence-electron chi connectivity index (χ1n) is 10.3. The molecule has 2 aliphatic rings. The van der Waals surface area contributed by atoms with Crippen molar-refractivity contribution in [2.24, 2.45) is 5.92 Å². The van der Waals surface area contributed by atoms with Crippen molar-refractivity contribution in [3.05, 3.63) is 59.4 Å². The number of nitrogens with zero attached hydrogens (tertiary/aromatic N) is 2. The summed E-state index contributed by atoms with van der Waals surface area (Å²) in [6.45, 7) is 1.72. The Balaban J connectivity index is 1.26. The smallest absolute Gasteiger partial charge is 0.226 e. The molecular formula is C23H27N3O2. The maximum atomic E-state index is 12.7. The van der Waals surface area contributed by atoms with Crippen molar-refractivity contribution >= 4 is 17.5 Å². The number of carbonyl (C=O) groups excluding carboxylic acids is 2. The average Bonchev–Trinajstić information content (AvgIpc) is 2.73. The molecule has 0 bridgehead atoms. The largest absolute Gasteiger partial charge is 0.342 e. The summed E-state index contributed by atoms with van der Waals surface area (Å²) in [6.07, 6.45) is 9.89. The van der Waals surface area contributed by atoms with Crippen LogP contribution in [0.2, 0.25) is 0 Å². The molecule has 5 nitrogen and oxygen atoms in total. The van der Waals surface area contributed by atoms with Crippen molar-refractivity contribution in [3.63, 3.8) is 0 Å². The van der Waals surface area contributed by atoms with Gasteiger partial charge in [0.1, 0.15) is 0 Å². The monoisotopic (exact) mass is 377 g/mol. The highest BCUT2D eigenvalue weighted by atomic mass is 16.2. The number of hydrogen-bond acceptors (Lipinski definition) is 3. The van der Waals surface area contributed by atoms with E-state index in [0.717, 1.165) is 55.6 Å². The summed E-state index contributed by atoms with van der Waals surface area (Å²) in [4.78, 5) is 30.4. The second-order valence-corrected chi connectivity index (χ2v) is 7.94. The zero-order chi connectivity index (χ0) is 19.3. The van der Waals surface area contributed by atoms with Gasteiger partial charge in [-0.3, -0.25) is 14.6 Å². The number of fused-ring (bicyclic) bond motifs is 1. The Labute approximate surface area is 166 Å². The predicted molar refractivity (Wildman–Crippen MR) is 109 cm³/mol. The minimum absolute atomic E-state index is 0.0720. The molecule has 5 heteroatoms. The van der Waals surface area contributed by atoms with Gasteiger partial charge in [0.05, 0.1) is 6.42 Å². The predicted octanol–water partition coefficient (Wildman–Crippen LogP) is 3.38. The third kappa shape index (κ3) is 4.58. The number of anilines is 1. The van der Waals surface area contributed by atoms with Crippen LogP contribution in [0.3, 0.4) is 0 Å². The number of aryl methyl sites for hydroxylation is 2. The molecule has 1 N–H and O–H groups in total. The zero-order valence-electron chi connectivity index (χ0n) is 16.2. The van der Waals surface area contributed by atoms with Crippen LogP contribution in [0.1, 0.15) is 42.4 Å². The van der Waals surface area contributed by atoms with Crippen LogP contribution in [0.5, 0.6) is 0 Å². The Morgan fingerprint density at radius 2 is 2.00 bits per heavy atom. The fourth-order valence-electron chi connectivity index (χ4n) is 4.22. The van der Waals surface area contributed by atoms with Gasteiger partial charge in [0, 0.05) is 37.6 Å². The van der Waals surface area contributed by atoms with E-state index in [9.17, 15) is 9.59 Å². The van der Waals surface area contributed by atoms with Gasteiger partial charge in [0.15, 0.2) is 0 Å². The fourth-order valence-corrected chi connectivity index (χ4v) is 4.22. The van der Waals surface area contributed by atoms with Gasteiger partial charge >= 0.3 is 0 Å². The number of amides is 2. The molecule has 2 aromatic rings. The summed E-state index contributed by atoms with van der Waals surface area (Å²) < 4.78 is 0. The van der Waals surface area contributed by atoms with Crippen molar-refractivity contribution in [3.8, 4) is 0 Å². The first kappa shape index (κ1) is 18.7. The first-order chi connectivity index (χ1) is 13.7. The maximum absolute atomic E-state index is 12.7. The molecule has 0 atom stereocenters. The molecule has 0 radical (unpaired) electrons. The third-order valence-electron chi connectivity index (χ3n) is 5.95. The van der Waals surface area contributed by atoms with Crippen LogP contribution < -0.4 is 5.32 Å². The van der Waals surface area contributed by atoms with Crippen LogP contribution in [0.4, 0.5) is 5.69 Å². The lowest BCUT2D eigenvalue weighted by atomic mass is 9.90. The minimum Gasteiger partial charge on any atom is -0.342 e. The van der Waals surface area contributed by atoms with Gasteiger partial charge in [0.25, 0.3) is 0 Å². The molecule has 0 spiro atoms. The van der Waals surface area contributed by atoms with Gasteiger partial charge in [0.2, 0.25) is 11.8 Å². The summed E-state index contributed by atoms with van der Waals surface area (Å²) >= 11 is 0. The van der Waals surface area contributed by atoms with Crippen molar-refractivity contribution < 1.29 is 9.59 Å². The van der Waals surface area contributed by atoms with Gasteiger partial charge in [-0.25, -0.2) is 0 Å². The van der Waals surface area contributed by atoms with Gasteiger partial charge in [-0.05, 0) is 66.8 Å². The Kier molecular flexibility index (Phi) is 5.70. The van der Waals surface area contributed by atoms with E-state index >= 15 is 0 Å². The molecule has 2 amide bonds. The number of benzene rings is 1. The van der Waals surface area contributed by atoms with E-state index in [1.54, 1.807) is 0 Å². The van der Waals surface area contributed by atoms with E-state index in [4.69, 9.17) is 0 Å². The molecule has 28 heavy (non-hydrogen) atoms. The van der Waals surface area contributed by atoms with Crippen LogP contribution in [0, 0.1) is 5.92 Å². The van der Waals surface area contributed by atoms with Crippen molar-refractivity contribution in [2.75, 3.05) is 18.4 Å². The number of aromatic nitrogens is 1. The van der Waals surface area contributed by atoms with Gasteiger partial charge in [-0.15, -0.1) is 0 Å². The quantitative estimate of drug-likeness (QED) is 0.869. The Morgan fingerprint density at radius 1 is 1.14 bits per heavy atom. The summed E-state index contributed by atoms with van der Waals surface area (Å²) in [6, 6.07) is 10.1. The molecule has 146 valence electrons. The highest BCUT2D eigenvalue weighted by Gasteiger charge is 2.23. The highest BCUT2D eigenvalue weighted by Crippen LogP contribution is 2.25. The van der Waals surface area contributed by atoms with E-state index in [0.29, 0.717) is 18.8 Å². The average molecular weight is 377 g/mol. The number of hydrogen-bond donors (Lipinski definition) is 1. The molecular weight excluding hydrogens is 350 g/mol. The number of nitrogens with one attached hydrogen (secondary N) is 1. The molecule has 1 saturated heterocycles. The van der Waals surface area contributed by atoms with Gasteiger partial charge < -0.3 is 10.2 Å². The SMILES string of the molecule is O=C1CCc2cc(CC(=O)N3CCC(CCc4cccnc4)CC3)ccc2N1. The fraction of sp³-hybridized carbons (Fsp3) is 0.435. The van der Waals surface area contributed by atoms with Gasteiger partial charge in [-0.1, -0.05) is 18.2 Å². The Morgan fingerprint density at radius 3 is 2.79 bits per heavy atom. The molecule has 0 saturated carbocycles. The second kappa shape index (κ2) is 8.55. The van der Waals surface area contributed by atoms with E-state index in [2.05, 4.69) is 22.4 Å². The summed E-state index contributed by atoms with van der Waals surface area (Å²) in [5.74, 6) is 0.977. The number of rotatable bonds is 5.